The van der Waals surface area contributed by atoms with E-state index in [1.807, 2.05) is 33.8 Å². The van der Waals surface area contributed by atoms with Crippen LogP contribution in [0.25, 0.3) is 0 Å². The van der Waals surface area contributed by atoms with Gasteiger partial charge in [0.2, 0.25) is 10.0 Å². The number of aliphatic imine (C=N–C) groups is 1. The van der Waals surface area contributed by atoms with Crippen LogP contribution in [0.3, 0.4) is 0 Å². The molecule has 0 aliphatic rings. The van der Waals surface area contributed by atoms with E-state index in [4.69, 9.17) is 4.74 Å². The molecule has 29 heavy (non-hydrogen) atoms. The van der Waals surface area contributed by atoms with Crippen molar-refractivity contribution in [3.05, 3.63) is 29.8 Å². The first kappa shape index (κ1) is 25.4. The number of benzene rings is 1. The normalized spacial score (nSPS) is 13.0. The zero-order valence-corrected chi connectivity index (χ0v) is 19.5. The molecule has 0 aromatic heterocycles. The van der Waals surface area contributed by atoms with E-state index in [1.54, 1.807) is 18.2 Å². The van der Waals surface area contributed by atoms with Crippen molar-refractivity contribution in [1.82, 2.24) is 15.4 Å². The standard InChI is InChI=1S/C21H38N4O3S/c1-7-22-20(23-13-15-28-14-12-17(2)3)24-16-18-10-8-9-11-19(18)29(26,27)25-21(4,5)6/h8-11,17,25H,7,12-16H2,1-6H3,(H2,22,23,24). The van der Waals surface area contributed by atoms with Crippen molar-refractivity contribution in [2.45, 2.75) is 64.9 Å². The third-order valence-electron chi connectivity index (χ3n) is 3.83. The highest BCUT2D eigenvalue weighted by Gasteiger charge is 2.24. The molecule has 0 spiro atoms. The molecule has 0 fully saturated rings. The molecule has 0 radical (unpaired) electrons. The van der Waals surface area contributed by atoms with Gasteiger partial charge >= 0.3 is 0 Å². The van der Waals surface area contributed by atoms with Crippen LogP contribution in [0.5, 0.6) is 0 Å². The van der Waals surface area contributed by atoms with E-state index in [-0.39, 0.29) is 11.4 Å². The smallest absolute Gasteiger partial charge is 0.241 e. The Morgan fingerprint density at radius 2 is 1.83 bits per heavy atom. The lowest BCUT2D eigenvalue weighted by Crippen LogP contribution is -2.41. The highest BCUT2D eigenvalue weighted by molar-refractivity contribution is 7.89. The van der Waals surface area contributed by atoms with E-state index in [9.17, 15) is 8.42 Å². The van der Waals surface area contributed by atoms with Gasteiger partial charge in [0.25, 0.3) is 0 Å². The Morgan fingerprint density at radius 1 is 1.14 bits per heavy atom. The van der Waals surface area contributed by atoms with E-state index >= 15 is 0 Å². The first-order chi connectivity index (χ1) is 13.5. The number of nitrogens with one attached hydrogen (secondary N) is 3. The van der Waals surface area contributed by atoms with E-state index in [1.165, 1.54) is 0 Å². The van der Waals surface area contributed by atoms with Crippen LogP contribution in [-0.2, 0) is 21.3 Å². The van der Waals surface area contributed by atoms with Gasteiger partial charge in [-0.25, -0.2) is 18.1 Å². The summed E-state index contributed by atoms with van der Waals surface area (Å²) in [5, 5.41) is 6.40. The second-order valence-corrected chi connectivity index (χ2v) is 10.0. The van der Waals surface area contributed by atoms with Gasteiger partial charge in [0, 0.05) is 25.2 Å². The molecule has 3 N–H and O–H groups in total. The highest BCUT2D eigenvalue weighted by Crippen LogP contribution is 2.18. The minimum absolute atomic E-state index is 0.255. The number of nitrogens with zero attached hydrogens (tertiary/aromatic N) is 1. The highest BCUT2D eigenvalue weighted by atomic mass is 32.2. The SMILES string of the molecule is CCNC(=NCc1ccccc1S(=O)(=O)NC(C)(C)C)NCCOCCC(C)C. The van der Waals surface area contributed by atoms with E-state index < -0.39 is 15.6 Å². The maximum Gasteiger partial charge on any atom is 0.241 e. The average Bonchev–Trinajstić information content (AvgIpc) is 2.60. The topological polar surface area (TPSA) is 91.8 Å². The second-order valence-electron chi connectivity index (χ2n) is 8.38. The summed E-state index contributed by atoms with van der Waals surface area (Å²) in [6.45, 7) is 14.7. The Hall–Kier alpha value is -1.64. The van der Waals surface area contributed by atoms with Gasteiger partial charge in [-0.1, -0.05) is 32.0 Å². The van der Waals surface area contributed by atoms with Gasteiger partial charge in [0.15, 0.2) is 5.96 Å². The summed E-state index contributed by atoms with van der Waals surface area (Å²) >= 11 is 0. The quantitative estimate of drug-likeness (QED) is 0.287. The van der Waals surface area contributed by atoms with Gasteiger partial charge in [-0.3, -0.25) is 0 Å². The van der Waals surface area contributed by atoms with Crippen LogP contribution in [0.4, 0.5) is 0 Å². The van der Waals surface area contributed by atoms with Crippen molar-refractivity contribution < 1.29 is 13.2 Å². The second kappa shape index (κ2) is 12.1. The zero-order valence-electron chi connectivity index (χ0n) is 18.7. The largest absolute Gasteiger partial charge is 0.380 e. The summed E-state index contributed by atoms with van der Waals surface area (Å²) in [5.74, 6) is 1.27. The monoisotopic (exact) mass is 426 g/mol. The first-order valence-electron chi connectivity index (χ1n) is 10.3. The molecule has 0 amide bonds. The Kier molecular flexibility index (Phi) is 10.6. The third-order valence-corrected chi connectivity index (χ3v) is 5.69. The van der Waals surface area contributed by atoms with Gasteiger partial charge in [-0.05, 0) is 51.7 Å². The summed E-state index contributed by atoms with van der Waals surface area (Å²) in [6.07, 6.45) is 1.04. The molecule has 8 heteroatoms. The van der Waals surface area contributed by atoms with Crippen LogP contribution in [-0.4, -0.2) is 46.2 Å². The van der Waals surface area contributed by atoms with Crippen LogP contribution in [0, 0.1) is 5.92 Å². The number of hydrogen-bond donors (Lipinski definition) is 3. The summed E-state index contributed by atoms with van der Waals surface area (Å²) in [4.78, 5) is 4.80. The molecule has 7 nitrogen and oxygen atoms in total. The molecule has 0 unspecified atom stereocenters. The van der Waals surface area contributed by atoms with E-state index in [2.05, 4.69) is 34.2 Å². The van der Waals surface area contributed by atoms with Gasteiger partial charge in [-0.2, -0.15) is 0 Å². The number of ether oxygens (including phenoxy) is 1. The molecule has 0 aliphatic heterocycles. The maximum atomic E-state index is 12.8. The first-order valence-corrected chi connectivity index (χ1v) is 11.7. The van der Waals surface area contributed by atoms with Crippen molar-refractivity contribution in [1.29, 1.82) is 0 Å². The van der Waals surface area contributed by atoms with Crippen molar-refractivity contribution in [2.24, 2.45) is 10.9 Å². The van der Waals surface area contributed by atoms with Gasteiger partial charge in [0.1, 0.15) is 0 Å². The summed E-state index contributed by atoms with van der Waals surface area (Å²) in [5.41, 5.74) is 0.0935. The predicted octanol–water partition coefficient (Wildman–Crippen LogP) is 2.88. The molecule has 0 heterocycles. The number of guanidine groups is 1. The van der Waals surface area contributed by atoms with Crippen LogP contribution in [0.2, 0.25) is 0 Å². The minimum atomic E-state index is -3.62. The fourth-order valence-electron chi connectivity index (χ4n) is 2.52. The van der Waals surface area contributed by atoms with Crippen LogP contribution >= 0.6 is 0 Å². The summed E-state index contributed by atoms with van der Waals surface area (Å²) in [6, 6.07) is 6.95. The lowest BCUT2D eigenvalue weighted by molar-refractivity contribution is 0.128. The van der Waals surface area contributed by atoms with Crippen molar-refractivity contribution in [3.8, 4) is 0 Å². The van der Waals surface area contributed by atoms with E-state index in [0.717, 1.165) is 13.0 Å². The summed E-state index contributed by atoms with van der Waals surface area (Å²) < 4.78 is 33.8. The molecule has 1 aromatic rings. The van der Waals surface area contributed by atoms with Crippen molar-refractivity contribution >= 4 is 16.0 Å². The van der Waals surface area contributed by atoms with Gasteiger partial charge < -0.3 is 15.4 Å². The Balaban J connectivity index is 2.77. The molecule has 0 saturated carbocycles. The molecule has 166 valence electrons. The Bertz CT molecular complexity index is 741. The predicted molar refractivity (Wildman–Crippen MR) is 120 cm³/mol. The molecule has 1 aromatic carbocycles. The molecule has 1 rings (SSSR count). The minimum Gasteiger partial charge on any atom is -0.380 e. The molecule has 0 saturated heterocycles. The fraction of sp³-hybridized carbons (Fsp3) is 0.667. The van der Waals surface area contributed by atoms with Gasteiger partial charge in [0.05, 0.1) is 18.0 Å². The van der Waals surface area contributed by atoms with Crippen LogP contribution in [0.1, 0.15) is 53.5 Å². The average molecular weight is 427 g/mol. The lowest BCUT2D eigenvalue weighted by Gasteiger charge is -2.21. The number of sulfonamides is 1. The van der Waals surface area contributed by atoms with Crippen LogP contribution in [0.15, 0.2) is 34.2 Å². The molecular weight excluding hydrogens is 388 g/mol. The number of hydrogen-bond acceptors (Lipinski definition) is 4. The van der Waals surface area contributed by atoms with E-state index in [0.29, 0.717) is 37.1 Å². The lowest BCUT2D eigenvalue weighted by atomic mass is 10.1. The Labute approximate surface area is 176 Å². The molecule has 0 bridgehead atoms. The maximum absolute atomic E-state index is 12.8. The van der Waals surface area contributed by atoms with Crippen molar-refractivity contribution in [3.63, 3.8) is 0 Å². The zero-order chi connectivity index (χ0) is 21.9. The van der Waals surface area contributed by atoms with Crippen molar-refractivity contribution in [2.75, 3.05) is 26.3 Å². The Morgan fingerprint density at radius 3 is 2.45 bits per heavy atom. The molecule has 0 aliphatic carbocycles. The fourth-order valence-corrected chi connectivity index (χ4v) is 4.17. The third kappa shape index (κ3) is 10.6. The molecule has 0 atom stereocenters. The van der Waals surface area contributed by atoms with Gasteiger partial charge in [-0.15, -0.1) is 0 Å². The summed E-state index contributed by atoms with van der Waals surface area (Å²) in [7, 11) is -3.62. The number of rotatable bonds is 11. The van der Waals surface area contributed by atoms with Crippen LogP contribution < -0.4 is 15.4 Å². The molecular formula is C21H38N4O3S.